The highest BCUT2D eigenvalue weighted by atomic mass is 16.5. The number of ether oxygens (including phenoxy) is 2. The lowest BCUT2D eigenvalue weighted by Crippen LogP contribution is -2.15. The van der Waals surface area contributed by atoms with Gasteiger partial charge in [-0.3, -0.25) is 0 Å². The van der Waals surface area contributed by atoms with Crippen LogP contribution < -0.4 is 10.1 Å². The Morgan fingerprint density at radius 3 is 2.57 bits per heavy atom. The molecule has 4 heteroatoms. The minimum absolute atomic E-state index is 0.398. The molecule has 0 spiro atoms. The molecule has 21 heavy (non-hydrogen) atoms. The van der Waals surface area contributed by atoms with Crippen LogP contribution in [0.3, 0.4) is 0 Å². The monoisotopic (exact) mass is 294 g/mol. The molecule has 1 rings (SSSR count). The SMILES string of the molecule is CCCNCc1cc(OCCOCCC)nc(C(C)C)c1. The molecule has 1 N–H and O–H groups in total. The summed E-state index contributed by atoms with van der Waals surface area (Å²) in [4.78, 5) is 4.57. The largest absolute Gasteiger partial charge is 0.475 e. The van der Waals surface area contributed by atoms with Gasteiger partial charge in [-0.25, -0.2) is 4.98 Å². The van der Waals surface area contributed by atoms with E-state index < -0.39 is 0 Å². The van der Waals surface area contributed by atoms with Crippen LogP contribution in [0.2, 0.25) is 0 Å². The van der Waals surface area contributed by atoms with E-state index in [-0.39, 0.29) is 0 Å². The van der Waals surface area contributed by atoms with Gasteiger partial charge in [0.05, 0.1) is 6.61 Å². The van der Waals surface area contributed by atoms with Crippen LogP contribution in [0.1, 0.15) is 57.7 Å². The fraction of sp³-hybridized carbons (Fsp3) is 0.706. The van der Waals surface area contributed by atoms with E-state index in [9.17, 15) is 0 Å². The van der Waals surface area contributed by atoms with Crippen molar-refractivity contribution in [3.05, 3.63) is 23.4 Å². The van der Waals surface area contributed by atoms with E-state index in [0.717, 1.165) is 38.2 Å². The molecule has 120 valence electrons. The summed E-state index contributed by atoms with van der Waals surface area (Å²) in [6.07, 6.45) is 2.18. The Kier molecular flexibility index (Phi) is 9.02. The fourth-order valence-corrected chi connectivity index (χ4v) is 1.91. The van der Waals surface area contributed by atoms with Gasteiger partial charge in [-0.1, -0.05) is 27.7 Å². The maximum atomic E-state index is 5.73. The maximum Gasteiger partial charge on any atom is 0.213 e. The van der Waals surface area contributed by atoms with Crippen molar-refractivity contribution in [3.63, 3.8) is 0 Å². The predicted octanol–water partition coefficient (Wildman–Crippen LogP) is 3.51. The Labute approximate surface area is 129 Å². The van der Waals surface area contributed by atoms with Crippen molar-refractivity contribution >= 4 is 0 Å². The highest BCUT2D eigenvalue weighted by molar-refractivity contribution is 5.26. The highest BCUT2D eigenvalue weighted by Gasteiger charge is 2.07. The van der Waals surface area contributed by atoms with Crippen LogP contribution in [0.15, 0.2) is 12.1 Å². The lowest BCUT2D eigenvalue weighted by molar-refractivity contribution is 0.0989. The quantitative estimate of drug-likeness (QED) is 0.634. The minimum atomic E-state index is 0.398. The Morgan fingerprint density at radius 2 is 1.90 bits per heavy atom. The van der Waals surface area contributed by atoms with Gasteiger partial charge < -0.3 is 14.8 Å². The Hall–Kier alpha value is -1.13. The lowest BCUT2D eigenvalue weighted by atomic mass is 10.1. The molecule has 0 aromatic carbocycles. The first-order valence-electron chi connectivity index (χ1n) is 8.09. The van der Waals surface area contributed by atoms with Crippen molar-refractivity contribution in [2.75, 3.05) is 26.4 Å². The standard InChI is InChI=1S/C17H30N2O2/c1-5-7-18-13-15-11-16(14(3)4)19-17(12-15)21-10-9-20-8-6-2/h11-12,14,18H,5-10,13H2,1-4H3. The van der Waals surface area contributed by atoms with Crippen molar-refractivity contribution in [3.8, 4) is 5.88 Å². The van der Waals surface area contributed by atoms with Gasteiger partial charge in [0.25, 0.3) is 0 Å². The van der Waals surface area contributed by atoms with E-state index in [2.05, 4.69) is 44.1 Å². The van der Waals surface area contributed by atoms with Crippen molar-refractivity contribution in [2.45, 2.75) is 53.0 Å². The summed E-state index contributed by atoms with van der Waals surface area (Å²) < 4.78 is 11.2. The molecular weight excluding hydrogens is 264 g/mol. The Balaban J connectivity index is 2.59. The molecule has 0 radical (unpaired) electrons. The van der Waals surface area contributed by atoms with Crippen molar-refractivity contribution < 1.29 is 9.47 Å². The number of pyridine rings is 1. The normalized spacial score (nSPS) is 11.1. The molecule has 0 unspecified atom stereocenters. The third-order valence-electron chi connectivity index (χ3n) is 3.05. The molecule has 1 aromatic heterocycles. The molecule has 4 nitrogen and oxygen atoms in total. The van der Waals surface area contributed by atoms with Gasteiger partial charge in [0.1, 0.15) is 6.61 Å². The van der Waals surface area contributed by atoms with Crippen LogP contribution in [0.4, 0.5) is 0 Å². The van der Waals surface area contributed by atoms with Crippen LogP contribution in [0.5, 0.6) is 5.88 Å². The predicted molar refractivity (Wildman–Crippen MR) is 86.9 cm³/mol. The minimum Gasteiger partial charge on any atom is -0.475 e. The summed E-state index contributed by atoms with van der Waals surface area (Å²) >= 11 is 0. The number of hydrogen-bond donors (Lipinski definition) is 1. The third-order valence-corrected chi connectivity index (χ3v) is 3.05. The zero-order chi connectivity index (χ0) is 15.5. The summed E-state index contributed by atoms with van der Waals surface area (Å²) in [6.45, 7) is 12.4. The molecular formula is C17H30N2O2. The van der Waals surface area contributed by atoms with Crippen LogP contribution in [0.25, 0.3) is 0 Å². The fourth-order valence-electron chi connectivity index (χ4n) is 1.91. The van der Waals surface area contributed by atoms with Crippen LogP contribution in [0, 0.1) is 0 Å². The van der Waals surface area contributed by atoms with Gasteiger partial charge in [0.15, 0.2) is 0 Å². The first-order valence-corrected chi connectivity index (χ1v) is 8.09. The molecule has 0 bridgehead atoms. The molecule has 0 fully saturated rings. The highest BCUT2D eigenvalue weighted by Crippen LogP contribution is 2.19. The van der Waals surface area contributed by atoms with E-state index in [0.29, 0.717) is 25.0 Å². The average molecular weight is 294 g/mol. The molecule has 0 aliphatic heterocycles. The van der Waals surface area contributed by atoms with Crippen LogP contribution in [-0.4, -0.2) is 31.3 Å². The van der Waals surface area contributed by atoms with E-state index in [1.807, 2.05) is 6.07 Å². The summed E-state index contributed by atoms with van der Waals surface area (Å²) in [5, 5.41) is 3.42. The zero-order valence-electron chi connectivity index (χ0n) is 13.9. The summed E-state index contributed by atoms with van der Waals surface area (Å²) in [5.41, 5.74) is 2.31. The summed E-state index contributed by atoms with van der Waals surface area (Å²) in [5.74, 6) is 1.10. The molecule has 0 aliphatic carbocycles. The van der Waals surface area contributed by atoms with Gasteiger partial charge in [-0.05, 0) is 36.9 Å². The number of nitrogens with zero attached hydrogens (tertiary/aromatic N) is 1. The van der Waals surface area contributed by atoms with Gasteiger partial charge in [-0.15, -0.1) is 0 Å². The average Bonchev–Trinajstić information content (AvgIpc) is 2.47. The second-order valence-electron chi connectivity index (χ2n) is 5.53. The van der Waals surface area contributed by atoms with Gasteiger partial charge in [0.2, 0.25) is 5.88 Å². The lowest BCUT2D eigenvalue weighted by Gasteiger charge is -2.12. The molecule has 0 saturated carbocycles. The second kappa shape index (κ2) is 10.6. The van der Waals surface area contributed by atoms with Gasteiger partial charge in [0, 0.05) is 24.9 Å². The number of aromatic nitrogens is 1. The first-order chi connectivity index (χ1) is 10.2. The molecule has 0 saturated heterocycles. The number of nitrogens with one attached hydrogen (secondary N) is 1. The van der Waals surface area contributed by atoms with Crippen molar-refractivity contribution in [2.24, 2.45) is 0 Å². The van der Waals surface area contributed by atoms with E-state index in [1.54, 1.807) is 0 Å². The molecule has 1 heterocycles. The first kappa shape index (κ1) is 17.9. The molecule has 1 aromatic rings. The molecule has 0 atom stereocenters. The molecule has 0 amide bonds. The number of rotatable bonds is 11. The smallest absolute Gasteiger partial charge is 0.213 e. The Morgan fingerprint density at radius 1 is 1.10 bits per heavy atom. The maximum absolute atomic E-state index is 5.73. The topological polar surface area (TPSA) is 43.4 Å². The van der Waals surface area contributed by atoms with Crippen LogP contribution in [-0.2, 0) is 11.3 Å². The van der Waals surface area contributed by atoms with Gasteiger partial charge in [-0.2, -0.15) is 0 Å². The zero-order valence-corrected chi connectivity index (χ0v) is 13.9. The second-order valence-corrected chi connectivity index (χ2v) is 5.53. The van der Waals surface area contributed by atoms with Crippen molar-refractivity contribution in [1.82, 2.24) is 10.3 Å². The van der Waals surface area contributed by atoms with E-state index >= 15 is 0 Å². The van der Waals surface area contributed by atoms with Gasteiger partial charge >= 0.3 is 0 Å². The van der Waals surface area contributed by atoms with Crippen molar-refractivity contribution in [1.29, 1.82) is 0 Å². The molecule has 0 aliphatic rings. The Bertz CT molecular complexity index is 394. The van der Waals surface area contributed by atoms with E-state index in [4.69, 9.17) is 9.47 Å². The summed E-state index contributed by atoms with van der Waals surface area (Å²) in [7, 11) is 0. The summed E-state index contributed by atoms with van der Waals surface area (Å²) in [6, 6.07) is 4.18. The van der Waals surface area contributed by atoms with Crippen LogP contribution >= 0.6 is 0 Å². The van der Waals surface area contributed by atoms with E-state index in [1.165, 1.54) is 5.56 Å². The third kappa shape index (κ3) is 7.44. The number of hydrogen-bond acceptors (Lipinski definition) is 4.